The number of hydrogen-bond acceptors (Lipinski definition) is 3. The van der Waals surface area contributed by atoms with Crippen LogP contribution in [0.5, 0.6) is 0 Å². The molecule has 0 saturated heterocycles. The number of nitrogens with one attached hydrogen (secondary N) is 1. The molecule has 1 rings (SSSR count). The smallest absolute Gasteiger partial charge is 0.211 e. The summed E-state index contributed by atoms with van der Waals surface area (Å²) in [6.45, 7) is 2.05. The molecule has 4 nitrogen and oxygen atoms in total. The highest BCUT2D eigenvalue weighted by Crippen LogP contribution is 2.04. The van der Waals surface area contributed by atoms with Crippen LogP contribution in [0.2, 0.25) is 0 Å². The Labute approximate surface area is 96.0 Å². The molecule has 1 N–H and O–H groups in total. The molecule has 0 atom stereocenters. The Bertz CT molecular complexity index is 489. The van der Waals surface area contributed by atoms with Crippen molar-refractivity contribution in [3.05, 3.63) is 35.4 Å². The van der Waals surface area contributed by atoms with Crippen molar-refractivity contribution in [1.82, 2.24) is 4.72 Å². The Kier molecular flexibility index (Phi) is 4.47. The lowest BCUT2D eigenvalue weighted by Crippen LogP contribution is -2.25. The molecule has 1 aromatic rings. The molecule has 0 aliphatic carbocycles. The molecule has 0 fully saturated rings. The standard InChI is InChI=1S/C11H14N2O2S/c1-2-6-16(14,15)13-9-11-5-3-4-10(7-11)8-12/h3-5,7,13H,2,6,9H2,1H3. The Morgan fingerprint density at radius 3 is 2.81 bits per heavy atom. The zero-order chi connectivity index (χ0) is 12.0. The molecule has 1 aromatic carbocycles. The molecule has 86 valence electrons. The van der Waals surface area contributed by atoms with Gasteiger partial charge in [-0.1, -0.05) is 19.1 Å². The van der Waals surface area contributed by atoms with Gasteiger partial charge in [0, 0.05) is 6.54 Å². The Balaban J connectivity index is 2.65. The average molecular weight is 238 g/mol. The molecule has 0 saturated carbocycles. The van der Waals surface area contributed by atoms with Crippen LogP contribution in [0.15, 0.2) is 24.3 Å². The number of sulfonamides is 1. The number of nitrogens with zero attached hydrogens (tertiary/aromatic N) is 1. The Hall–Kier alpha value is -1.38. The molecule has 0 heterocycles. The number of rotatable bonds is 5. The van der Waals surface area contributed by atoms with E-state index in [0.717, 1.165) is 5.56 Å². The van der Waals surface area contributed by atoms with E-state index in [4.69, 9.17) is 5.26 Å². The highest BCUT2D eigenvalue weighted by atomic mass is 32.2. The maximum atomic E-state index is 11.4. The van der Waals surface area contributed by atoms with Crippen molar-refractivity contribution in [2.75, 3.05) is 5.75 Å². The van der Waals surface area contributed by atoms with Gasteiger partial charge in [0.2, 0.25) is 10.0 Å². The molecule has 0 unspecified atom stereocenters. The van der Waals surface area contributed by atoms with Gasteiger partial charge in [0.15, 0.2) is 0 Å². The third-order valence-corrected chi connectivity index (χ3v) is 3.56. The molecule has 5 heteroatoms. The largest absolute Gasteiger partial charge is 0.212 e. The summed E-state index contributed by atoms with van der Waals surface area (Å²) in [6, 6.07) is 8.90. The van der Waals surface area contributed by atoms with Gasteiger partial charge in [-0.15, -0.1) is 0 Å². The van der Waals surface area contributed by atoms with Gasteiger partial charge in [-0.05, 0) is 24.1 Å². The second-order valence-corrected chi connectivity index (χ2v) is 5.38. The van der Waals surface area contributed by atoms with E-state index >= 15 is 0 Å². The monoisotopic (exact) mass is 238 g/mol. The molecular weight excluding hydrogens is 224 g/mol. The quantitative estimate of drug-likeness (QED) is 0.842. The van der Waals surface area contributed by atoms with Crippen LogP contribution >= 0.6 is 0 Å². The van der Waals surface area contributed by atoms with Gasteiger partial charge < -0.3 is 0 Å². The van der Waals surface area contributed by atoms with E-state index in [-0.39, 0.29) is 12.3 Å². The summed E-state index contributed by atoms with van der Waals surface area (Å²) in [4.78, 5) is 0. The third-order valence-electron chi connectivity index (χ3n) is 2.03. The summed E-state index contributed by atoms with van der Waals surface area (Å²) in [6.07, 6.45) is 0.591. The Morgan fingerprint density at radius 2 is 2.19 bits per heavy atom. The lowest BCUT2D eigenvalue weighted by molar-refractivity contribution is 0.580. The number of hydrogen-bond donors (Lipinski definition) is 1. The van der Waals surface area contributed by atoms with Crippen LogP contribution in [0.4, 0.5) is 0 Å². The first kappa shape index (κ1) is 12.7. The fraction of sp³-hybridized carbons (Fsp3) is 0.364. The third kappa shape index (κ3) is 4.01. The van der Waals surface area contributed by atoms with Gasteiger partial charge in [-0.2, -0.15) is 5.26 Å². The van der Waals surface area contributed by atoms with Crippen LogP contribution in [0.1, 0.15) is 24.5 Å². The van der Waals surface area contributed by atoms with E-state index in [1.54, 1.807) is 24.3 Å². The van der Waals surface area contributed by atoms with Crippen LogP contribution in [0.25, 0.3) is 0 Å². The normalized spacial score (nSPS) is 11.0. The van der Waals surface area contributed by atoms with Crippen molar-refractivity contribution >= 4 is 10.0 Å². The molecule has 0 amide bonds. The fourth-order valence-electron chi connectivity index (χ4n) is 1.29. The van der Waals surface area contributed by atoms with Crippen molar-refractivity contribution in [3.8, 4) is 6.07 Å². The van der Waals surface area contributed by atoms with E-state index in [0.29, 0.717) is 12.0 Å². The summed E-state index contributed by atoms with van der Waals surface area (Å²) in [7, 11) is -3.18. The van der Waals surface area contributed by atoms with Crippen LogP contribution < -0.4 is 4.72 Å². The summed E-state index contributed by atoms with van der Waals surface area (Å²) in [5, 5.41) is 8.69. The SMILES string of the molecule is CCCS(=O)(=O)NCc1cccc(C#N)c1. The van der Waals surface area contributed by atoms with Crippen molar-refractivity contribution < 1.29 is 8.42 Å². The van der Waals surface area contributed by atoms with Crippen LogP contribution in [-0.4, -0.2) is 14.2 Å². The number of nitriles is 1. The van der Waals surface area contributed by atoms with Gasteiger partial charge in [0.25, 0.3) is 0 Å². The lowest BCUT2D eigenvalue weighted by Gasteiger charge is -2.05. The topological polar surface area (TPSA) is 70.0 Å². The Morgan fingerprint density at radius 1 is 1.44 bits per heavy atom. The summed E-state index contributed by atoms with van der Waals surface area (Å²) in [5.74, 6) is 0.130. The summed E-state index contributed by atoms with van der Waals surface area (Å²) in [5.41, 5.74) is 1.32. The average Bonchev–Trinajstić information content (AvgIpc) is 2.27. The van der Waals surface area contributed by atoms with E-state index in [1.807, 2.05) is 13.0 Å². The van der Waals surface area contributed by atoms with Crippen molar-refractivity contribution in [3.63, 3.8) is 0 Å². The van der Waals surface area contributed by atoms with E-state index in [2.05, 4.69) is 4.72 Å². The minimum atomic E-state index is -3.18. The van der Waals surface area contributed by atoms with E-state index in [1.165, 1.54) is 0 Å². The van der Waals surface area contributed by atoms with Gasteiger partial charge in [0.1, 0.15) is 0 Å². The van der Waals surface area contributed by atoms with Crippen LogP contribution in [0.3, 0.4) is 0 Å². The number of benzene rings is 1. The predicted molar refractivity (Wildman–Crippen MR) is 62.1 cm³/mol. The molecule has 0 aliphatic heterocycles. The first-order valence-corrected chi connectivity index (χ1v) is 6.69. The zero-order valence-corrected chi connectivity index (χ0v) is 9.92. The van der Waals surface area contributed by atoms with Crippen molar-refractivity contribution in [2.24, 2.45) is 0 Å². The van der Waals surface area contributed by atoms with E-state index < -0.39 is 10.0 Å². The zero-order valence-electron chi connectivity index (χ0n) is 9.10. The molecular formula is C11H14N2O2S. The lowest BCUT2D eigenvalue weighted by atomic mass is 10.1. The fourth-order valence-corrected chi connectivity index (χ4v) is 2.35. The van der Waals surface area contributed by atoms with Gasteiger partial charge >= 0.3 is 0 Å². The van der Waals surface area contributed by atoms with Crippen molar-refractivity contribution in [2.45, 2.75) is 19.9 Å². The van der Waals surface area contributed by atoms with Gasteiger partial charge in [0.05, 0.1) is 17.4 Å². The maximum absolute atomic E-state index is 11.4. The summed E-state index contributed by atoms with van der Waals surface area (Å²) < 4.78 is 25.3. The second kappa shape index (κ2) is 5.64. The summed E-state index contributed by atoms with van der Waals surface area (Å²) >= 11 is 0. The minimum Gasteiger partial charge on any atom is -0.212 e. The molecule has 0 spiro atoms. The minimum absolute atomic E-state index is 0.130. The van der Waals surface area contributed by atoms with Crippen molar-refractivity contribution in [1.29, 1.82) is 5.26 Å². The molecule has 0 aromatic heterocycles. The molecule has 16 heavy (non-hydrogen) atoms. The van der Waals surface area contributed by atoms with E-state index in [9.17, 15) is 8.42 Å². The highest BCUT2D eigenvalue weighted by Gasteiger charge is 2.07. The first-order valence-electron chi connectivity index (χ1n) is 5.04. The van der Waals surface area contributed by atoms with Crippen LogP contribution in [-0.2, 0) is 16.6 Å². The van der Waals surface area contributed by atoms with Gasteiger partial charge in [-0.25, -0.2) is 13.1 Å². The molecule has 0 aliphatic rings. The molecule has 0 bridgehead atoms. The first-order chi connectivity index (χ1) is 7.57. The predicted octanol–water partition coefficient (Wildman–Crippen LogP) is 1.39. The highest BCUT2D eigenvalue weighted by molar-refractivity contribution is 7.89. The van der Waals surface area contributed by atoms with Gasteiger partial charge in [-0.3, -0.25) is 0 Å². The maximum Gasteiger partial charge on any atom is 0.211 e. The second-order valence-electron chi connectivity index (χ2n) is 3.45. The molecule has 0 radical (unpaired) electrons. The van der Waals surface area contributed by atoms with Crippen LogP contribution in [0, 0.1) is 11.3 Å².